The lowest BCUT2D eigenvalue weighted by Gasteiger charge is -2.45. The number of Topliss-reactive ketones (excluding diaryl/α,β-unsaturated/α-hetero) is 2. The van der Waals surface area contributed by atoms with E-state index >= 15 is 4.39 Å². The summed E-state index contributed by atoms with van der Waals surface area (Å²) in [6.45, 7) is 8.93. The standard InChI is InChI=1S/C42H57F2N3O10/c1-10-31-41(7)36(46-40(52)57-41)24(4)32(48)23(3)34(53-17-13-14-27-19-28-15-11-12-16-29(28)45-20-27)25(5)35(26(6)37(50)42(44,21-43)39(51)55-31)56-38-33(49)30(47(8)9)18-22(2)54-38/h11-16,19-20,22-26,30-31,33-36,38,49H,10,17-18,21H2,1-9H3,(H,46,52)/b14-13+/t22-,23+,24-,25-,26-,30+,31+,33-,34+,35+,36?,38+,41-,42?/m1/s1. The number of aromatic nitrogens is 1. The molecule has 2 N–H and O–H groups in total. The Kier molecular flexibility index (Phi) is 13.9. The molecular weight excluding hydrogens is 744 g/mol. The zero-order chi connectivity index (χ0) is 42.0. The number of amides is 1. The number of carbonyl (C=O) groups excluding carboxylic acids is 4. The van der Waals surface area contributed by atoms with Crippen molar-refractivity contribution in [1.82, 2.24) is 15.2 Å². The molecule has 4 heterocycles. The number of nitrogens with zero attached hydrogens (tertiary/aromatic N) is 2. The molecule has 0 saturated carbocycles. The number of fused-ring (bicyclic) bond motifs is 2. The molecule has 3 aliphatic rings. The first kappa shape index (κ1) is 44.2. The summed E-state index contributed by atoms with van der Waals surface area (Å²) < 4.78 is 61.9. The lowest BCUT2D eigenvalue weighted by Crippen LogP contribution is -2.61. The van der Waals surface area contributed by atoms with Gasteiger partial charge in [0.15, 0.2) is 17.7 Å². The smallest absolute Gasteiger partial charge is 0.408 e. The summed E-state index contributed by atoms with van der Waals surface area (Å²) in [6, 6.07) is 8.12. The Balaban J connectivity index is 1.58. The maximum Gasteiger partial charge on any atom is 0.408 e. The van der Waals surface area contributed by atoms with Gasteiger partial charge in [0.25, 0.3) is 5.67 Å². The molecule has 2 aromatic rings. The number of nitrogens with one attached hydrogen (secondary N) is 1. The van der Waals surface area contributed by atoms with Gasteiger partial charge in [-0.1, -0.05) is 65.0 Å². The SMILES string of the molecule is CC[C@@H]1OC(=O)C(F)(CF)C(=O)[C@H](C)[C@@H](O[C@@H]2O[C@H](C)C[C@H](N(C)C)[C@H]2O)[C@H](C)[C@@H](OC/C=C/c2cnc3ccccc3c2)[C@@H](C)C(=O)[C@@H](C)C2NC(=O)O[C@@]21C. The number of pyridine rings is 1. The van der Waals surface area contributed by atoms with Crippen LogP contribution in [0.25, 0.3) is 17.0 Å². The zero-order valence-electron chi connectivity index (χ0n) is 34.1. The predicted molar refractivity (Wildman–Crippen MR) is 206 cm³/mol. The number of para-hydroxylation sites is 1. The fourth-order valence-corrected chi connectivity index (χ4v) is 8.73. The van der Waals surface area contributed by atoms with E-state index < -0.39 is 108 Å². The highest BCUT2D eigenvalue weighted by Crippen LogP contribution is 2.40. The average Bonchev–Trinajstić information content (AvgIpc) is 3.51. The number of aliphatic hydroxyl groups excluding tert-OH is 1. The van der Waals surface area contributed by atoms with Gasteiger partial charge in [-0.25, -0.2) is 18.4 Å². The van der Waals surface area contributed by atoms with Crippen LogP contribution in [0.5, 0.6) is 0 Å². The number of hydrogen-bond acceptors (Lipinski definition) is 12. The highest BCUT2D eigenvalue weighted by atomic mass is 19.2. The number of ether oxygens (including phenoxy) is 5. The van der Waals surface area contributed by atoms with E-state index in [1.165, 1.54) is 13.8 Å². The number of carbonyl (C=O) groups is 4. The molecule has 314 valence electrons. The molecule has 14 atom stereocenters. The summed E-state index contributed by atoms with van der Waals surface area (Å²) in [5.74, 6) is -8.07. The first-order chi connectivity index (χ1) is 26.9. The van der Waals surface area contributed by atoms with E-state index in [9.17, 15) is 28.7 Å². The first-order valence-corrected chi connectivity index (χ1v) is 19.7. The van der Waals surface area contributed by atoms with E-state index in [-0.39, 0.29) is 18.8 Å². The van der Waals surface area contributed by atoms with Gasteiger partial charge in [-0.05, 0) is 58.5 Å². The van der Waals surface area contributed by atoms with Crippen molar-refractivity contribution in [2.45, 2.75) is 121 Å². The van der Waals surface area contributed by atoms with E-state index in [1.54, 1.807) is 61.0 Å². The van der Waals surface area contributed by atoms with Crippen molar-refractivity contribution < 1.29 is 56.7 Å². The molecule has 3 saturated heterocycles. The van der Waals surface area contributed by atoms with Gasteiger partial charge < -0.3 is 39.0 Å². The van der Waals surface area contributed by atoms with Crippen molar-refractivity contribution in [3.05, 3.63) is 48.2 Å². The first-order valence-electron chi connectivity index (χ1n) is 19.7. The van der Waals surface area contributed by atoms with Crippen LogP contribution in [0.15, 0.2) is 42.6 Å². The molecule has 15 heteroatoms. The fourth-order valence-electron chi connectivity index (χ4n) is 8.73. The minimum absolute atomic E-state index is 0.0338. The second-order valence-electron chi connectivity index (χ2n) is 16.3. The highest BCUT2D eigenvalue weighted by molar-refractivity contribution is 6.08. The number of hydrogen-bond donors (Lipinski definition) is 2. The molecular formula is C42H57F2N3O10. The normalized spacial score (nSPS) is 38.5. The minimum Gasteiger partial charge on any atom is -0.455 e. The summed E-state index contributed by atoms with van der Waals surface area (Å²) in [5, 5.41) is 15.1. The van der Waals surface area contributed by atoms with Crippen molar-refractivity contribution in [2.75, 3.05) is 27.4 Å². The number of alkyl halides is 2. The van der Waals surface area contributed by atoms with E-state index in [4.69, 9.17) is 23.7 Å². The monoisotopic (exact) mass is 801 g/mol. The van der Waals surface area contributed by atoms with E-state index in [1.807, 2.05) is 41.3 Å². The molecule has 3 aliphatic heterocycles. The Labute approximate surface area is 332 Å². The zero-order valence-corrected chi connectivity index (χ0v) is 34.1. The van der Waals surface area contributed by atoms with Crippen LogP contribution in [0.4, 0.5) is 13.6 Å². The number of alkyl carbamates (subject to hydrolysis) is 1. The Morgan fingerprint density at radius 3 is 2.42 bits per heavy atom. The molecule has 0 aliphatic carbocycles. The van der Waals surface area contributed by atoms with E-state index in [2.05, 4.69) is 10.3 Å². The molecule has 0 radical (unpaired) electrons. The predicted octanol–water partition coefficient (Wildman–Crippen LogP) is 5.01. The van der Waals surface area contributed by atoms with Crippen LogP contribution < -0.4 is 5.32 Å². The quantitative estimate of drug-likeness (QED) is 0.258. The number of likely N-dealkylation sites (N-methyl/N-ethyl adjacent to an activating group) is 1. The fraction of sp³-hybridized carbons (Fsp3) is 0.643. The highest BCUT2D eigenvalue weighted by Gasteiger charge is 2.60. The number of aliphatic hydroxyl groups is 1. The second-order valence-corrected chi connectivity index (χ2v) is 16.3. The lowest BCUT2D eigenvalue weighted by atomic mass is 9.73. The maximum atomic E-state index is 16.8. The van der Waals surface area contributed by atoms with Gasteiger partial charge in [-0.2, -0.15) is 0 Å². The molecule has 2 unspecified atom stereocenters. The third-order valence-corrected chi connectivity index (χ3v) is 12.1. The van der Waals surface area contributed by atoms with Crippen molar-refractivity contribution >= 4 is 40.6 Å². The minimum atomic E-state index is -3.79. The van der Waals surface area contributed by atoms with Crippen molar-refractivity contribution in [3.8, 4) is 0 Å². The summed E-state index contributed by atoms with van der Waals surface area (Å²) in [4.78, 5) is 61.6. The average molecular weight is 802 g/mol. The Morgan fingerprint density at radius 1 is 1.05 bits per heavy atom. The second kappa shape index (κ2) is 17.9. The van der Waals surface area contributed by atoms with Crippen molar-refractivity contribution in [3.63, 3.8) is 0 Å². The summed E-state index contributed by atoms with van der Waals surface area (Å²) in [7, 11) is 3.57. The summed E-state index contributed by atoms with van der Waals surface area (Å²) in [5.41, 5.74) is -3.87. The molecule has 3 fully saturated rings. The van der Waals surface area contributed by atoms with Crippen LogP contribution in [0.2, 0.25) is 0 Å². The largest absolute Gasteiger partial charge is 0.455 e. The molecule has 13 nitrogen and oxygen atoms in total. The summed E-state index contributed by atoms with van der Waals surface area (Å²) in [6.07, 6.45) is -2.01. The maximum absolute atomic E-state index is 16.8. The molecule has 57 heavy (non-hydrogen) atoms. The van der Waals surface area contributed by atoms with Crippen LogP contribution in [0.1, 0.15) is 66.9 Å². The number of rotatable bonds is 9. The molecule has 1 aromatic carbocycles. The number of benzene rings is 1. The molecule has 5 rings (SSSR count). The van der Waals surface area contributed by atoms with Crippen molar-refractivity contribution in [1.29, 1.82) is 0 Å². The third-order valence-electron chi connectivity index (χ3n) is 12.1. The lowest BCUT2D eigenvalue weighted by molar-refractivity contribution is -0.282. The summed E-state index contributed by atoms with van der Waals surface area (Å²) >= 11 is 0. The Hall–Kier alpha value is -3.89. The topological polar surface area (TPSA) is 163 Å². The molecule has 0 bridgehead atoms. The Bertz CT molecular complexity index is 1810. The van der Waals surface area contributed by atoms with Crippen LogP contribution in [0, 0.1) is 23.7 Å². The molecule has 1 aromatic heterocycles. The molecule has 1 amide bonds. The number of esters is 1. The van der Waals surface area contributed by atoms with Crippen LogP contribution in [-0.2, 0) is 38.1 Å². The van der Waals surface area contributed by atoms with E-state index in [0.29, 0.717) is 6.42 Å². The van der Waals surface area contributed by atoms with Gasteiger partial charge in [-0.15, -0.1) is 0 Å². The van der Waals surface area contributed by atoms with Gasteiger partial charge in [-0.3, -0.25) is 14.6 Å². The third kappa shape index (κ3) is 8.92. The van der Waals surface area contributed by atoms with Crippen LogP contribution in [-0.4, -0.2) is 126 Å². The van der Waals surface area contributed by atoms with Gasteiger partial charge in [0.2, 0.25) is 0 Å². The number of halogens is 2. The van der Waals surface area contributed by atoms with Crippen molar-refractivity contribution in [2.24, 2.45) is 23.7 Å². The number of cyclic esters (lactones) is 1. The molecule has 0 spiro atoms. The van der Waals surface area contributed by atoms with Gasteiger partial charge in [0, 0.05) is 41.3 Å². The van der Waals surface area contributed by atoms with Gasteiger partial charge >= 0.3 is 12.1 Å². The number of ketones is 2. The van der Waals surface area contributed by atoms with E-state index in [0.717, 1.165) is 16.5 Å². The van der Waals surface area contributed by atoms with Gasteiger partial charge in [0.05, 0.1) is 36.5 Å². The van der Waals surface area contributed by atoms with Crippen LogP contribution >= 0.6 is 0 Å². The van der Waals surface area contributed by atoms with Gasteiger partial charge in [0.1, 0.15) is 24.7 Å². The van der Waals surface area contributed by atoms with Crippen LogP contribution in [0.3, 0.4) is 0 Å². The Morgan fingerprint density at radius 2 is 1.75 bits per heavy atom.